The summed E-state index contributed by atoms with van der Waals surface area (Å²) in [6, 6.07) is 9.46. The molecule has 1 saturated heterocycles. The summed E-state index contributed by atoms with van der Waals surface area (Å²) in [6.07, 6.45) is 2.12. The highest BCUT2D eigenvalue weighted by molar-refractivity contribution is 5.41. The van der Waals surface area contributed by atoms with Crippen molar-refractivity contribution in [1.82, 2.24) is 9.88 Å². The first-order chi connectivity index (χ1) is 12.0. The van der Waals surface area contributed by atoms with E-state index in [0.29, 0.717) is 17.9 Å². The molecule has 0 spiro atoms. The molecule has 128 valence electrons. The van der Waals surface area contributed by atoms with Gasteiger partial charge in [0, 0.05) is 31.7 Å². The number of nitrogens with one attached hydrogen (secondary N) is 1. The van der Waals surface area contributed by atoms with Crippen LogP contribution in [0.2, 0.25) is 0 Å². The lowest BCUT2D eigenvalue weighted by molar-refractivity contribution is -0.385. The second kappa shape index (κ2) is 7.23. The molecule has 0 amide bonds. The van der Waals surface area contributed by atoms with Crippen LogP contribution in [-0.2, 0) is 6.54 Å². The predicted octanol–water partition coefficient (Wildman–Crippen LogP) is 2.69. The van der Waals surface area contributed by atoms with E-state index in [9.17, 15) is 14.5 Å². The van der Waals surface area contributed by atoms with Crippen molar-refractivity contribution < 1.29 is 9.31 Å². The number of pyridine rings is 1. The van der Waals surface area contributed by atoms with Crippen LogP contribution in [0.4, 0.5) is 15.9 Å². The molecule has 1 aliphatic heterocycles. The molecule has 0 saturated carbocycles. The van der Waals surface area contributed by atoms with Gasteiger partial charge in [-0.25, -0.2) is 9.37 Å². The van der Waals surface area contributed by atoms with Gasteiger partial charge in [0.1, 0.15) is 17.8 Å². The smallest absolute Gasteiger partial charge is 0.287 e. The minimum atomic E-state index is -0.483. The van der Waals surface area contributed by atoms with Gasteiger partial charge in [0.15, 0.2) is 0 Å². The first-order valence-electron chi connectivity index (χ1n) is 7.83. The molecule has 0 bridgehead atoms. The summed E-state index contributed by atoms with van der Waals surface area (Å²) in [7, 11) is 0. The van der Waals surface area contributed by atoms with Gasteiger partial charge in [-0.15, -0.1) is 0 Å². The van der Waals surface area contributed by atoms with Gasteiger partial charge in [-0.3, -0.25) is 15.0 Å². The molecule has 1 fully saturated rings. The van der Waals surface area contributed by atoms with Crippen molar-refractivity contribution in [1.29, 1.82) is 5.26 Å². The average molecular weight is 341 g/mol. The van der Waals surface area contributed by atoms with E-state index in [1.165, 1.54) is 24.4 Å². The zero-order valence-electron chi connectivity index (χ0n) is 13.4. The van der Waals surface area contributed by atoms with Crippen LogP contribution in [0.25, 0.3) is 0 Å². The summed E-state index contributed by atoms with van der Waals surface area (Å²) in [4.78, 5) is 16.4. The normalized spacial score (nSPS) is 17.2. The SMILES string of the molecule is N#Cc1cc(F)ccc1CN1CC[C@H](Nc2ccc([N+](=O)[O-])cn2)C1. The standard InChI is InChI=1S/C17H16FN5O2/c18-14-2-1-12(13(7-14)8-19)10-22-6-5-15(11-22)21-17-4-3-16(9-20-17)23(24)25/h1-4,7,9,15H,5-6,10-11H2,(H,20,21)/t15-/m0/s1. The minimum Gasteiger partial charge on any atom is -0.366 e. The van der Waals surface area contributed by atoms with Crippen LogP contribution in [0.3, 0.4) is 0 Å². The van der Waals surface area contributed by atoms with E-state index in [1.54, 1.807) is 12.1 Å². The number of hydrogen-bond donors (Lipinski definition) is 1. The van der Waals surface area contributed by atoms with E-state index in [0.717, 1.165) is 25.1 Å². The predicted molar refractivity (Wildman–Crippen MR) is 89.3 cm³/mol. The van der Waals surface area contributed by atoms with Crippen molar-refractivity contribution in [3.63, 3.8) is 0 Å². The van der Waals surface area contributed by atoms with Gasteiger partial charge in [-0.05, 0) is 30.2 Å². The summed E-state index contributed by atoms with van der Waals surface area (Å²) >= 11 is 0. The summed E-state index contributed by atoms with van der Waals surface area (Å²) < 4.78 is 13.2. The molecule has 2 heterocycles. The Morgan fingerprint density at radius 1 is 1.44 bits per heavy atom. The molecular weight excluding hydrogens is 325 g/mol. The van der Waals surface area contributed by atoms with Crippen molar-refractivity contribution in [3.8, 4) is 6.07 Å². The van der Waals surface area contributed by atoms with Gasteiger partial charge in [-0.2, -0.15) is 5.26 Å². The van der Waals surface area contributed by atoms with E-state index >= 15 is 0 Å². The first kappa shape index (κ1) is 16.8. The lowest BCUT2D eigenvalue weighted by atomic mass is 10.1. The zero-order valence-corrected chi connectivity index (χ0v) is 13.4. The highest BCUT2D eigenvalue weighted by Crippen LogP contribution is 2.20. The molecule has 1 atom stereocenters. The van der Waals surface area contributed by atoms with E-state index in [1.807, 2.05) is 6.07 Å². The number of nitriles is 1. The van der Waals surface area contributed by atoms with Gasteiger partial charge in [-0.1, -0.05) is 6.07 Å². The van der Waals surface area contributed by atoms with Gasteiger partial charge in [0.05, 0.1) is 16.6 Å². The number of halogens is 1. The largest absolute Gasteiger partial charge is 0.366 e. The van der Waals surface area contributed by atoms with Crippen molar-refractivity contribution >= 4 is 11.5 Å². The molecular formula is C17H16FN5O2. The summed E-state index contributed by atoms with van der Waals surface area (Å²) in [6.45, 7) is 2.17. The summed E-state index contributed by atoms with van der Waals surface area (Å²) in [5.41, 5.74) is 1.12. The minimum absolute atomic E-state index is 0.0426. The molecule has 1 aromatic heterocycles. The number of hydrogen-bond acceptors (Lipinski definition) is 6. The maximum atomic E-state index is 13.2. The first-order valence-corrected chi connectivity index (χ1v) is 7.83. The second-order valence-electron chi connectivity index (χ2n) is 5.94. The molecule has 3 rings (SSSR count). The number of anilines is 1. The zero-order chi connectivity index (χ0) is 17.8. The Bertz CT molecular complexity index is 819. The number of likely N-dealkylation sites (tertiary alicyclic amines) is 1. The molecule has 25 heavy (non-hydrogen) atoms. The van der Waals surface area contributed by atoms with Crippen LogP contribution < -0.4 is 5.32 Å². The van der Waals surface area contributed by atoms with Crippen molar-refractivity contribution in [2.45, 2.75) is 19.0 Å². The number of rotatable bonds is 5. The summed E-state index contributed by atoms with van der Waals surface area (Å²) in [5.74, 6) is 0.183. The lowest BCUT2D eigenvalue weighted by Crippen LogP contribution is -2.26. The molecule has 2 aromatic rings. The monoisotopic (exact) mass is 341 g/mol. The lowest BCUT2D eigenvalue weighted by Gasteiger charge is -2.17. The Balaban J connectivity index is 1.59. The number of nitrogens with zero attached hydrogens (tertiary/aromatic N) is 4. The Labute approximate surface area is 143 Å². The molecule has 1 aromatic carbocycles. The fraction of sp³-hybridized carbons (Fsp3) is 0.294. The third kappa shape index (κ3) is 4.08. The third-order valence-corrected chi connectivity index (χ3v) is 4.17. The van der Waals surface area contributed by atoms with Crippen molar-refractivity contribution in [3.05, 3.63) is 63.6 Å². The van der Waals surface area contributed by atoms with Crippen LogP contribution in [-0.4, -0.2) is 33.9 Å². The van der Waals surface area contributed by atoms with Crippen LogP contribution >= 0.6 is 0 Å². The number of aromatic nitrogens is 1. The van der Waals surface area contributed by atoms with Crippen LogP contribution in [0.1, 0.15) is 17.5 Å². The van der Waals surface area contributed by atoms with Crippen molar-refractivity contribution in [2.75, 3.05) is 18.4 Å². The Hall–Kier alpha value is -3.05. The Morgan fingerprint density at radius 3 is 2.96 bits per heavy atom. The average Bonchev–Trinajstić information content (AvgIpc) is 3.04. The molecule has 7 nitrogen and oxygen atoms in total. The van der Waals surface area contributed by atoms with E-state index in [-0.39, 0.29) is 11.7 Å². The van der Waals surface area contributed by atoms with E-state index in [4.69, 9.17) is 5.26 Å². The number of benzene rings is 1. The van der Waals surface area contributed by atoms with Crippen LogP contribution in [0, 0.1) is 27.3 Å². The van der Waals surface area contributed by atoms with E-state index in [2.05, 4.69) is 15.2 Å². The van der Waals surface area contributed by atoms with Crippen molar-refractivity contribution in [2.24, 2.45) is 0 Å². The second-order valence-corrected chi connectivity index (χ2v) is 5.94. The topological polar surface area (TPSA) is 95.1 Å². The highest BCUT2D eigenvalue weighted by Gasteiger charge is 2.23. The van der Waals surface area contributed by atoms with E-state index < -0.39 is 10.7 Å². The van der Waals surface area contributed by atoms with Crippen LogP contribution in [0.5, 0.6) is 0 Å². The highest BCUT2D eigenvalue weighted by atomic mass is 19.1. The fourth-order valence-corrected chi connectivity index (χ4v) is 2.91. The maximum Gasteiger partial charge on any atom is 0.287 e. The molecule has 0 aliphatic carbocycles. The quantitative estimate of drug-likeness (QED) is 0.663. The van der Waals surface area contributed by atoms with Crippen LogP contribution in [0.15, 0.2) is 36.5 Å². The molecule has 1 aliphatic rings. The molecule has 1 N–H and O–H groups in total. The van der Waals surface area contributed by atoms with Gasteiger partial charge in [0.2, 0.25) is 0 Å². The number of nitro groups is 1. The molecule has 8 heteroatoms. The maximum absolute atomic E-state index is 13.2. The Morgan fingerprint density at radius 2 is 2.28 bits per heavy atom. The molecule has 0 radical (unpaired) electrons. The fourth-order valence-electron chi connectivity index (χ4n) is 2.91. The van der Waals surface area contributed by atoms with Gasteiger partial charge in [0.25, 0.3) is 5.69 Å². The summed E-state index contributed by atoms with van der Waals surface area (Å²) in [5, 5.41) is 23.0. The van der Waals surface area contributed by atoms with Gasteiger partial charge >= 0.3 is 0 Å². The molecule has 0 unspecified atom stereocenters. The Kier molecular flexibility index (Phi) is 4.86. The third-order valence-electron chi connectivity index (χ3n) is 4.17. The van der Waals surface area contributed by atoms with Gasteiger partial charge < -0.3 is 5.32 Å².